The normalized spacial score (nSPS) is 10.3. The number of nitrogens with zero attached hydrogens (tertiary/aromatic N) is 1. The van der Waals surface area contributed by atoms with Crippen LogP contribution >= 0.6 is 11.6 Å². The first-order valence-electron chi connectivity index (χ1n) is 5.88. The second-order valence-electron chi connectivity index (χ2n) is 4.47. The summed E-state index contributed by atoms with van der Waals surface area (Å²) in [6.07, 6.45) is 0. The Morgan fingerprint density at radius 3 is 2.37 bits per heavy atom. The minimum atomic E-state index is -0.141. The molecule has 0 radical (unpaired) electrons. The molecule has 0 heterocycles. The summed E-state index contributed by atoms with van der Waals surface area (Å²) >= 11 is 5.91. The van der Waals surface area contributed by atoms with Gasteiger partial charge in [0.15, 0.2) is 0 Å². The molecule has 19 heavy (non-hydrogen) atoms. The van der Waals surface area contributed by atoms with Crippen LogP contribution in [0.15, 0.2) is 42.5 Å². The molecule has 0 saturated heterocycles. The van der Waals surface area contributed by atoms with Gasteiger partial charge in [0.2, 0.25) is 0 Å². The highest BCUT2D eigenvalue weighted by molar-refractivity contribution is 6.31. The van der Waals surface area contributed by atoms with E-state index in [1.165, 1.54) is 0 Å². The highest BCUT2D eigenvalue weighted by Gasteiger charge is 2.14. The number of hydrogen-bond acceptors (Lipinski definition) is 2. The number of aryl methyl sites for hydroxylation is 1. The van der Waals surface area contributed by atoms with Crippen molar-refractivity contribution in [2.75, 3.05) is 17.7 Å². The molecule has 0 fully saturated rings. The Morgan fingerprint density at radius 1 is 1.16 bits per heavy atom. The van der Waals surface area contributed by atoms with Crippen LogP contribution in [0, 0.1) is 6.92 Å². The van der Waals surface area contributed by atoms with Gasteiger partial charge in [-0.05, 0) is 37.3 Å². The number of rotatable bonds is 2. The van der Waals surface area contributed by atoms with Crippen molar-refractivity contribution in [1.82, 2.24) is 0 Å². The first-order chi connectivity index (χ1) is 8.97. The average molecular weight is 275 g/mol. The first kappa shape index (κ1) is 13.4. The molecule has 0 spiro atoms. The monoisotopic (exact) mass is 274 g/mol. The van der Waals surface area contributed by atoms with Gasteiger partial charge in [0, 0.05) is 29.0 Å². The number of carbonyl (C=O) groups is 1. The van der Waals surface area contributed by atoms with Crippen molar-refractivity contribution in [1.29, 1.82) is 0 Å². The van der Waals surface area contributed by atoms with E-state index in [9.17, 15) is 4.79 Å². The molecule has 0 aliphatic carbocycles. The number of carbonyl (C=O) groups excluding carboxylic acids is 1. The molecule has 98 valence electrons. The number of halogens is 1. The summed E-state index contributed by atoms with van der Waals surface area (Å²) in [6, 6.07) is 12.6. The number of anilines is 2. The Balaban J connectivity index is 2.30. The molecule has 0 aromatic heterocycles. The molecule has 0 aliphatic rings. The third-order valence-electron chi connectivity index (χ3n) is 2.89. The van der Waals surface area contributed by atoms with Gasteiger partial charge in [0.1, 0.15) is 0 Å². The predicted molar refractivity (Wildman–Crippen MR) is 79.8 cm³/mol. The Kier molecular flexibility index (Phi) is 3.76. The van der Waals surface area contributed by atoms with Gasteiger partial charge in [-0.2, -0.15) is 0 Å². The topological polar surface area (TPSA) is 46.3 Å². The molecule has 0 saturated carbocycles. The summed E-state index contributed by atoms with van der Waals surface area (Å²) in [6.45, 7) is 2.00. The van der Waals surface area contributed by atoms with E-state index in [1.54, 1.807) is 30.1 Å². The summed E-state index contributed by atoms with van der Waals surface area (Å²) in [5.41, 5.74) is 8.64. The smallest absolute Gasteiger partial charge is 0.258 e. The zero-order valence-electron chi connectivity index (χ0n) is 10.9. The van der Waals surface area contributed by atoms with Gasteiger partial charge in [-0.25, -0.2) is 0 Å². The SMILES string of the molecule is Cc1ccc(N(C)C(=O)c2cc(N)cc(Cl)c2)cc1. The second-order valence-corrected chi connectivity index (χ2v) is 4.91. The number of hydrogen-bond donors (Lipinski definition) is 1. The van der Waals surface area contributed by atoms with Crippen LogP contribution in [0.5, 0.6) is 0 Å². The molecule has 0 atom stereocenters. The Bertz CT molecular complexity index is 588. The summed E-state index contributed by atoms with van der Waals surface area (Å²) in [7, 11) is 1.73. The molecule has 0 bridgehead atoms. The second kappa shape index (κ2) is 5.33. The number of nitrogen functional groups attached to an aromatic ring is 1. The maximum Gasteiger partial charge on any atom is 0.258 e. The van der Waals surface area contributed by atoms with E-state index in [1.807, 2.05) is 31.2 Å². The summed E-state index contributed by atoms with van der Waals surface area (Å²) in [5.74, 6) is -0.141. The van der Waals surface area contributed by atoms with Gasteiger partial charge < -0.3 is 10.6 Å². The van der Waals surface area contributed by atoms with Gasteiger partial charge in [-0.15, -0.1) is 0 Å². The molecule has 2 aromatic rings. The van der Waals surface area contributed by atoms with E-state index in [4.69, 9.17) is 17.3 Å². The van der Waals surface area contributed by atoms with Gasteiger partial charge in [-0.3, -0.25) is 4.79 Å². The minimum absolute atomic E-state index is 0.141. The van der Waals surface area contributed by atoms with Crippen LogP contribution in [0.2, 0.25) is 5.02 Å². The molecule has 2 aromatic carbocycles. The largest absolute Gasteiger partial charge is 0.399 e. The van der Waals surface area contributed by atoms with E-state index in [2.05, 4.69) is 0 Å². The van der Waals surface area contributed by atoms with E-state index in [-0.39, 0.29) is 5.91 Å². The van der Waals surface area contributed by atoms with Crippen LogP contribution in [0.3, 0.4) is 0 Å². The van der Waals surface area contributed by atoms with Crippen molar-refractivity contribution >= 4 is 28.9 Å². The van der Waals surface area contributed by atoms with E-state index < -0.39 is 0 Å². The van der Waals surface area contributed by atoms with Gasteiger partial charge in [0.05, 0.1) is 0 Å². The first-order valence-corrected chi connectivity index (χ1v) is 6.26. The van der Waals surface area contributed by atoms with E-state index in [0.29, 0.717) is 16.3 Å². The number of nitrogens with two attached hydrogens (primary N) is 1. The van der Waals surface area contributed by atoms with Crippen molar-refractivity contribution in [3.63, 3.8) is 0 Å². The molecule has 0 aliphatic heterocycles. The highest BCUT2D eigenvalue weighted by atomic mass is 35.5. The molecule has 4 heteroatoms. The lowest BCUT2D eigenvalue weighted by atomic mass is 10.1. The lowest BCUT2D eigenvalue weighted by molar-refractivity contribution is 0.0993. The van der Waals surface area contributed by atoms with Gasteiger partial charge in [-0.1, -0.05) is 29.3 Å². The quantitative estimate of drug-likeness (QED) is 0.852. The summed E-state index contributed by atoms with van der Waals surface area (Å²) in [4.78, 5) is 13.9. The van der Waals surface area contributed by atoms with Gasteiger partial charge in [0.25, 0.3) is 5.91 Å². The molecular weight excluding hydrogens is 260 g/mol. The molecular formula is C15H15ClN2O. The number of benzene rings is 2. The van der Waals surface area contributed by atoms with Crippen LogP contribution in [0.25, 0.3) is 0 Å². The summed E-state index contributed by atoms with van der Waals surface area (Å²) in [5, 5.41) is 0.459. The van der Waals surface area contributed by atoms with Crippen molar-refractivity contribution in [3.8, 4) is 0 Å². The number of amides is 1. The fourth-order valence-corrected chi connectivity index (χ4v) is 2.06. The zero-order chi connectivity index (χ0) is 14.0. The van der Waals surface area contributed by atoms with Crippen molar-refractivity contribution in [2.45, 2.75) is 6.92 Å². The fourth-order valence-electron chi connectivity index (χ4n) is 1.82. The Morgan fingerprint density at radius 2 is 1.79 bits per heavy atom. The fraction of sp³-hybridized carbons (Fsp3) is 0.133. The lowest BCUT2D eigenvalue weighted by Gasteiger charge is -2.18. The van der Waals surface area contributed by atoms with Gasteiger partial charge >= 0.3 is 0 Å². The molecule has 0 unspecified atom stereocenters. The lowest BCUT2D eigenvalue weighted by Crippen LogP contribution is -2.26. The maximum atomic E-state index is 12.3. The van der Waals surface area contributed by atoms with Crippen molar-refractivity contribution < 1.29 is 4.79 Å². The van der Waals surface area contributed by atoms with Crippen LogP contribution in [-0.2, 0) is 0 Å². The molecule has 3 nitrogen and oxygen atoms in total. The van der Waals surface area contributed by atoms with Crippen LogP contribution in [-0.4, -0.2) is 13.0 Å². The molecule has 1 amide bonds. The predicted octanol–water partition coefficient (Wildman–Crippen LogP) is 3.51. The zero-order valence-corrected chi connectivity index (χ0v) is 11.6. The average Bonchev–Trinajstić information content (AvgIpc) is 2.37. The molecule has 2 N–H and O–H groups in total. The van der Waals surface area contributed by atoms with Crippen LogP contribution in [0.4, 0.5) is 11.4 Å². The minimum Gasteiger partial charge on any atom is -0.399 e. The van der Waals surface area contributed by atoms with Crippen LogP contribution < -0.4 is 10.6 Å². The third kappa shape index (κ3) is 3.06. The standard InChI is InChI=1S/C15H15ClN2O/c1-10-3-5-14(6-4-10)18(2)15(19)11-7-12(16)9-13(17)8-11/h3-9H,17H2,1-2H3. The van der Waals surface area contributed by atoms with E-state index >= 15 is 0 Å². The Hall–Kier alpha value is -2.00. The Labute approximate surface area is 117 Å². The third-order valence-corrected chi connectivity index (χ3v) is 3.11. The van der Waals surface area contributed by atoms with Crippen molar-refractivity contribution in [3.05, 3.63) is 58.6 Å². The maximum absolute atomic E-state index is 12.3. The van der Waals surface area contributed by atoms with E-state index in [0.717, 1.165) is 11.3 Å². The summed E-state index contributed by atoms with van der Waals surface area (Å²) < 4.78 is 0. The van der Waals surface area contributed by atoms with Crippen molar-refractivity contribution in [2.24, 2.45) is 0 Å². The molecule has 2 rings (SSSR count). The highest BCUT2D eigenvalue weighted by Crippen LogP contribution is 2.20. The van der Waals surface area contributed by atoms with Crippen LogP contribution in [0.1, 0.15) is 15.9 Å².